The third kappa shape index (κ3) is 2.68. The number of anilines is 1. The smallest absolute Gasteiger partial charge is 0.302 e. The van der Waals surface area contributed by atoms with Crippen LogP contribution in [0, 0.1) is 0 Å². The summed E-state index contributed by atoms with van der Waals surface area (Å²) in [4.78, 5) is 31.8. The van der Waals surface area contributed by atoms with Gasteiger partial charge in [0.05, 0.1) is 17.9 Å². The Bertz CT molecular complexity index is 627. The average Bonchev–Trinajstić information content (AvgIpc) is 2.54. The molecule has 0 atom stereocenters. The zero-order valence-electron chi connectivity index (χ0n) is 12.6. The number of hydrogen-bond donors (Lipinski definition) is 0. The van der Waals surface area contributed by atoms with E-state index in [1.54, 1.807) is 4.90 Å². The van der Waals surface area contributed by atoms with Gasteiger partial charge >= 0.3 is 5.97 Å². The van der Waals surface area contributed by atoms with E-state index in [1.165, 1.54) is 6.92 Å². The lowest BCUT2D eigenvalue weighted by molar-refractivity contribution is -0.140. The Morgan fingerprint density at radius 1 is 1.36 bits per heavy atom. The SMILES string of the molecule is CC(=O)OCCCN1C2=NCCCN2C(=O)c2ccccc21. The van der Waals surface area contributed by atoms with Crippen molar-refractivity contribution in [2.45, 2.75) is 19.8 Å². The summed E-state index contributed by atoms with van der Waals surface area (Å²) in [5.41, 5.74) is 1.59. The number of esters is 1. The first-order chi connectivity index (χ1) is 10.7. The van der Waals surface area contributed by atoms with E-state index in [0.717, 1.165) is 24.6 Å². The van der Waals surface area contributed by atoms with E-state index in [0.29, 0.717) is 31.7 Å². The Morgan fingerprint density at radius 3 is 3.00 bits per heavy atom. The molecule has 116 valence electrons. The molecule has 0 aliphatic carbocycles. The molecule has 2 aliphatic rings. The van der Waals surface area contributed by atoms with Crippen molar-refractivity contribution in [1.82, 2.24) is 4.90 Å². The van der Waals surface area contributed by atoms with Crippen molar-refractivity contribution in [2.75, 3.05) is 31.1 Å². The van der Waals surface area contributed by atoms with Gasteiger partial charge in [-0.25, -0.2) is 0 Å². The van der Waals surface area contributed by atoms with Crippen LogP contribution in [0.25, 0.3) is 0 Å². The van der Waals surface area contributed by atoms with Crippen LogP contribution in [-0.4, -0.2) is 49.0 Å². The minimum absolute atomic E-state index is 0.0188. The highest BCUT2D eigenvalue weighted by molar-refractivity contribution is 6.18. The highest BCUT2D eigenvalue weighted by atomic mass is 16.5. The van der Waals surface area contributed by atoms with Crippen LogP contribution >= 0.6 is 0 Å². The number of carbonyl (C=O) groups is 2. The van der Waals surface area contributed by atoms with E-state index in [2.05, 4.69) is 9.89 Å². The number of guanidine groups is 1. The topological polar surface area (TPSA) is 62.2 Å². The molecule has 1 aromatic carbocycles. The molecular weight excluding hydrogens is 282 g/mol. The van der Waals surface area contributed by atoms with Crippen LogP contribution in [0.5, 0.6) is 0 Å². The van der Waals surface area contributed by atoms with Gasteiger partial charge in [0.2, 0.25) is 5.96 Å². The van der Waals surface area contributed by atoms with Crippen LogP contribution in [0.2, 0.25) is 0 Å². The van der Waals surface area contributed by atoms with E-state index in [1.807, 2.05) is 24.3 Å². The highest BCUT2D eigenvalue weighted by Crippen LogP contribution is 2.29. The van der Waals surface area contributed by atoms with Crippen molar-refractivity contribution >= 4 is 23.5 Å². The summed E-state index contributed by atoms with van der Waals surface area (Å²) in [5.74, 6) is 0.467. The van der Waals surface area contributed by atoms with Gasteiger partial charge in [-0.15, -0.1) is 0 Å². The van der Waals surface area contributed by atoms with E-state index < -0.39 is 0 Å². The molecule has 0 unspecified atom stereocenters. The third-order valence-electron chi connectivity index (χ3n) is 3.78. The Kier molecular flexibility index (Phi) is 4.09. The number of para-hydroxylation sites is 1. The number of fused-ring (bicyclic) bond motifs is 2. The first-order valence-corrected chi connectivity index (χ1v) is 7.55. The van der Waals surface area contributed by atoms with Crippen LogP contribution in [0.3, 0.4) is 0 Å². The predicted molar refractivity (Wildman–Crippen MR) is 83.0 cm³/mol. The first-order valence-electron chi connectivity index (χ1n) is 7.55. The molecule has 1 amide bonds. The van der Waals surface area contributed by atoms with Crippen molar-refractivity contribution in [2.24, 2.45) is 4.99 Å². The van der Waals surface area contributed by atoms with Gasteiger partial charge in [0.25, 0.3) is 5.91 Å². The van der Waals surface area contributed by atoms with Crippen LogP contribution < -0.4 is 4.90 Å². The van der Waals surface area contributed by atoms with Crippen molar-refractivity contribution in [3.63, 3.8) is 0 Å². The largest absolute Gasteiger partial charge is 0.466 e. The van der Waals surface area contributed by atoms with Gasteiger partial charge in [-0.05, 0) is 25.0 Å². The number of aliphatic imine (C=N–C) groups is 1. The second-order valence-corrected chi connectivity index (χ2v) is 5.35. The molecule has 1 aromatic rings. The van der Waals surface area contributed by atoms with Crippen molar-refractivity contribution in [1.29, 1.82) is 0 Å². The van der Waals surface area contributed by atoms with Crippen LogP contribution in [0.15, 0.2) is 29.3 Å². The number of benzene rings is 1. The highest BCUT2D eigenvalue weighted by Gasteiger charge is 2.35. The number of ether oxygens (including phenoxy) is 1. The number of carbonyl (C=O) groups excluding carboxylic acids is 2. The standard InChI is InChI=1S/C16H19N3O3/c1-12(20)22-11-5-10-18-14-7-3-2-6-13(14)15(21)19-9-4-8-17-16(18)19/h2-3,6-7H,4-5,8-11H2,1H3. The van der Waals surface area contributed by atoms with Crippen LogP contribution in [0.4, 0.5) is 5.69 Å². The predicted octanol–water partition coefficient (Wildman–Crippen LogP) is 1.66. The Hall–Kier alpha value is -2.37. The van der Waals surface area contributed by atoms with Gasteiger partial charge in [-0.2, -0.15) is 0 Å². The fraction of sp³-hybridized carbons (Fsp3) is 0.438. The lowest BCUT2D eigenvalue weighted by Gasteiger charge is -2.40. The molecule has 0 saturated heterocycles. The summed E-state index contributed by atoms with van der Waals surface area (Å²) < 4.78 is 4.99. The molecule has 0 fully saturated rings. The second kappa shape index (κ2) is 6.17. The molecule has 2 heterocycles. The van der Waals surface area contributed by atoms with Crippen molar-refractivity contribution in [3.05, 3.63) is 29.8 Å². The summed E-state index contributed by atoms with van der Waals surface area (Å²) >= 11 is 0. The van der Waals surface area contributed by atoms with E-state index in [4.69, 9.17) is 4.74 Å². The van der Waals surface area contributed by atoms with Gasteiger partial charge < -0.3 is 9.64 Å². The monoisotopic (exact) mass is 301 g/mol. The van der Waals surface area contributed by atoms with Gasteiger partial charge in [0, 0.05) is 26.6 Å². The first kappa shape index (κ1) is 14.6. The normalized spacial score (nSPS) is 16.8. The maximum atomic E-state index is 12.6. The molecule has 2 aliphatic heterocycles. The Labute approximate surface area is 129 Å². The lowest BCUT2D eigenvalue weighted by Crippen LogP contribution is -2.54. The lowest BCUT2D eigenvalue weighted by atomic mass is 10.1. The molecule has 0 aromatic heterocycles. The number of amides is 1. The van der Waals surface area contributed by atoms with E-state index in [9.17, 15) is 9.59 Å². The molecule has 0 N–H and O–H groups in total. The van der Waals surface area contributed by atoms with Gasteiger partial charge in [0.1, 0.15) is 0 Å². The van der Waals surface area contributed by atoms with Crippen molar-refractivity contribution < 1.29 is 14.3 Å². The molecule has 6 heteroatoms. The van der Waals surface area contributed by atoms with E-state index in [-0.39, 0.29) is 11.9 Å². The van der Waals surface area contributed by atoms with Gasteiger partial charge in [0.15, 0.2) is 0 Å². The zero-order chi connectivity index (χ0) is 15.5. The Morgan fingerprint density at radius 2 is 2.18 bits per heavy atom. The zero-order valence-corrected chi connectivity index (χ0v) is 12.6. The third-order valence-corrected chi connectivity index (χ3v) is 3.78. The molecule has 0 bridgehead atoms. The number of hydrogen-bond acceptors (Lipinski definition) is 5. The van der Waals surface area contributed by atoms with Gasteiger partial charge in [-0.1, -0.05) is 12.1 Å². The molecule has 0 saturated carbocycles. The fourth-order valence-corrected chi connectivity index (χ4v) is 2.82. The van der Waals surface area contributed by atoms with Crippen LogP contribution in [0.1, 0.15) is 30.1 Å². The quantitative estimate of drug-likeness (QED) is 0.627. The minimum atomic E-state index is -0.272. The molecule has 3 rings (SSSR count). The molecule has 22 heavy (non-hydrogen) atoms. The summed E-state index contributed by atoms with van der Waals surface area (Å²) in [6.45, 7) is 3.87. The maximum Gasteiger partial charge on any atom is 0.302 e. The molecule has 6 nitrogen and oxygen atoms in total. The maximum absolute atomic E-state index is 12.6. The molecule has 0 radical (unpaired) electrons. The van der Waals surface area contributed by atoms with Gasteiger partial charge in [-0.3, -0.25) is 19.5 Å². The second-order valence-electron chi connectivity index (χ2n) is 5.35. The number of rotatable bonds is 4. The van der Waals surface area contributed by atoms with E-state index >= 15 is 0 Å². The summed E-state index contributed by atoms with van der Waals surface area (Å²) in [7, 11) is 0. The fourth-order valence-electron chi connectivity index (χ4n) is 2.82. The Balaban J connectivity index is 1.85. The molecule has 0 spiro atoms. The minimum Gasteiger partial charge on any atom is -0.466 e. The average molecular weight is 301 g/mol. The summed E-state index contributed by atoms with van der Waals surface area (Å²) in [6, 6.07) is 7.58. The van der Waals surface area contributed by atoms with Crippen LogP contribution in [-0.2, 0) is 9.53 Å². The molecular formula is C16H19N3O3. The van der Waals surface area contributed by atoms with Crippen molar-refractivity contribution in [3.8, 4) is 0 Å². The number of nitrogens with zero attached hydrogens (tertiary/aromatic N) is 3. The summed E-state index contributed by atoms with van der Waals surface area (Å²) in [5, 5.41) is 0. The summed E-state index contributed by atoms with van der Waals surface area (Å²) in [6.07, 6.45) is 1.58.